The van der Waals surface area contributed by atoms with Crippen molar-refractivity contribution in [1.82, 2.24) is 0 Å². The molecule has 4 heteroatoms. The fraction of sp³-hybridized carbons (Fsp3) is 1.00. The topological polar surface area (TPSA) is 0 Å². The number of halogens is 3. The first-order valence-electron chi connectivity index (χ1n) is 4.52. The second-order valence-electron chi connectivity index (χ2n) is 3.78. The molecule has 0 nitrogen and oxygen atoms in total. The van der Waals surface area contributed by atoms with E-state index in [2.05, 4.69) is 78.8 Å². The minimum absolute atomic E-state index is 0.262. The van der Waals surface area contributed by atoms with Gasteiger partial charge in [-0.3, -0.25) is 0 Å². The van der Waals surface area contributed by atoms with Crippen molar-refractivity contribution in [3.8, 4) is 0 Å². The molecule has 0 radical (unpaired) electrons. The fourth-order valence-electron chi connectivity index (χ4n) is 1.79. The van der Waals surface area contributed by atoms with Crippen LogP contribution in [-0.4, -0.2) is 17.0 Å². The molecule has 0 aliphatic rings. The molecule has 0 aromatic carbocycles. The maximum absolute atomic E-state index is 2.39. The summed E-state index contributed by atoms with van der Waals surface area (Å²) in [5, 5.41) is 0. The Morgan fingerprint density at radius 1 is 0.769 bits per heavy atom. The van der Waals surface area contributed by atoms with Gasteiger partial charge in [-0.05, 0) is 17.0 Å². The molecule has 0 rings (SSSR count). The first kappa shape index (κ1) is 18.0. The van der Waals surface area contributed by atoms with Crippen LogP contribution in [0.1, 0.15) is 41.5 Å². The van der Waals surface area contributed by atoms with Gasteiger partial charge in [0, 0.05) is 0 Å². The van der Waals surface area contributed by atoms with Crippen LogP contribution in [0.3, 0.4) is 0 Å². The van der Waals surface area contributed by atoms with Crippen LogP contribution in [0.2, 0.25) is 0 Å². The molecule has 0 unspecified atom stereocenters. The molecule has 0 saturated carbocycles. The van der Waals surface area contributed by atoms with Gasteiger partial charge in [-0.2, -0.15) is 0 Å². The van der Waals surface area contributed by atoms with Crippen molar-refractivity contribution >= 4 is 45.2 Å². The van der Waals surface area contributed by atoms with E-state index in [0.29, 0.717) is 13.3 Å². The predicted octanol–water partition coefficient (Wildman–Crippen LogP) is 2.47. The summed E-state index contributed by atoms with van der Waals surface area (Å²) in [6, 6.07) is 0. The van der Waals surface area contributed by atoms with E-state index in [4.69, 9.17) is 0 Å². The van der Waals surface area contributed by atoms with Crippen molar-refractivity contribution in [3.63, 3.8) is 0 Å². The fourth-order valence-corrected chi connectivity index (χ4v) is 5.37. The van der Waals surface area contributed by atoms with Crippen LogP contribution in [0, 0.1) is 0 Å². The molecular weight excluding hydrogens is 520 g/mol. The Morgan fingerprint density at radius 2 is 0.923 bits per heavy atom. The second kappa shape index (κ2) is 11.1. The van der Waals surface area contributed by atoms with Gasteiger partial charge in [0.05, 0.1) is 0 Å². The summed E-state index contributed by atoms with van der Waals surface area (Å²) >= 11 is 5.30. The van der Waals surface area contributed by atoms with E-state index in [9.17, 15) is 0 Å². The molecule has 0 amide bonds. The molecule has 0 aromatic rings. The predicted molar refractivity (Wildman–Crippen MR) is 80.4 cm³/mol. The summed E-state index contributed by atoms with van der Waals surface area (Å²) in [5.74, 6) is 0. The molecule has 0 heterocycles. The monoisotopic (exact) mass is 541 g/mol. The third-order valence-corrected chi connectivity index (χ3v) is 5.37. The summed E-state index contributed by atoms with van der Waals surface area (Å²) in [4.78, 5) is 0. The van der Waals surface area contributed by atoms with E-state index in [-0.39, 0.29) is 7.92 Å². The summed E-state index contributed by atoms with van der Waals surface area (Å²) in [7, 11) is 0.262. The van der Waals surface area contributed by atoms with Crippen molar-refractivity contribution in [2.45, 2.75) is 58.5 Å². The molecule has 0 spiro atoms. The first-order chi connectivity index (χ1) is 5.88. The zero-order chi connectivity index (χ0) is 11.0. The van der Waals surface area contributed by atoms with Gasteiger partial charge in [0.2, 0.25) is 0 Å². The second-order valence-corrected chi connectivity index (χ2v) is 24.0. The van der Waals surface area contributed by atoms with Crippen LogP contribution >= 0.6 is 45.2 Å². The van der Waals surface area contributed by atoms with Gasteiger partial charge in [0.1, 0.15) is 0 Å². The summed E-state index contributed by atoms with van der Waals surface area (Å²) in [5.41, 5.74) is 2.69. The van der Waals surface area contributed by atoms with Crippen LogP contribution in [0.15, 0.2) is 0 Å². The molecule has 0 fully saturated rings. The van der Waals surface area contributed by atoms with Crippen molar-refractivity contribution in [2.75, 3.05) is 0 Å². The average molecular weight is 541 g/mol. The zero-order valence-corrected chi connectivity index (χ0v) is 16.7. The standard InChI is InChI=1S/C9H21P.I3/c1-7(2)10(8(3)4)9(5)6;1-3-2/h7-9H,1-6H3;/q;-1. The van der Waals surface area contributed by atoms with E-state index in [1.807, 2.05) is 0 Å². The van der Waals surface area contributed by atoms with Crippen molar-refractivity contribution in [2.24, 2.45) is 0 Å². The normalized spacial score (nSPS) is 11.4. The van der Waals surface area contributed by atoms with E-state index in [1.165, 1.54) is 0 Å². The van der Waals surface area contributed by atoms with E-state index >= 15 is 0 Å². The van der Waals surface area contributed by atoms with Gasteiger partial charge in [-0.25, -0.2) is 0 Å². The molecule has 84 valence electrons. The van der Waals surface area contributed by atoms with Crippen LogP contribution in [0.4, 0.5) is 0 Å². The Bertz CT molecular complexity index is 86.0. The van der Waals surface area contributed by atoms with Crippen molar-refractivity contribution < 1.29 is 13.3 Å². The third kappa shape index (κ3) is 10.9. The van der Waals surface area contributed by atoms with Gasteiger partial charge in [0.15, 0.2) is 0 Å². The van der Waals surface area contributed by atoms with Gasteiger partial charge < -0.3 is 0 Å². The summed E-state index contributed by atoms with van der Waals surface area (Å²) < 4.78 is 0. The van der Waals surface area contributed by atoms with Crippen LogP contribution in [0.25, 0.3) is 0 Å². The molecule has 0 aliphatic carbocycles. The maximum atomic E-state index is 2.39. The molecule has 0 saturated heterocycles. The Hall–Kier alpha value is 2.62. The molecule has 0 bridgehead atoms. The van der Waals surface area contributed by atoms with E-state index in [1.54, 1.807) is 0 Å². The Morgan fingerprint density at radius 3 is 0.923 bits per heavy atom. The van der Waals surface area contributed by atoms with Gasteiger partial charge in [-0.1, -0.05) is 49.5 Å². The number of rotatable bonds is 3. The quantitative estimate of drug-likeness (QED) is 0.381. The van der Waals surface area contributed by atoms with Gasteiger partial charge >= 0.3 is 50.5 Å². The van der Waals surface area contributed by atoms with Crippen LogP contribution in [-0.2, 0) is 0 Å². The molecule has 0 atom stereocenters. The summed E-state index contributed by atoms with van der Waals surface area (Å²) in [6.07, 6.45) is 0. The zero-order valence-electron chi connectivity index (χ0n) is 9.31. The molecule has 0 N–H and O–H groups in total. The number of hydrogen-bond donors (Lipinski definition) is 0. The molecule has 0 aliphatic heterocycles. The average Bonchev–Trinajstić information content (AvgIpc) is 1.84. The summed E-state index contributed by atoms with van der Waals surface area (Å²) in [6.45, 7) is 14.1. The minimum atomic E-state index is 0.262. The Labute approximate surface area is 115 Å². The van der Waals surface area contributed by atoms with Crippen molar-refractivity contribution in [3.05, 3.63) is 0 Å². The Kier molecular flexibility index (Phi) is 15.4. The van der Waals surface area contributed by atoms with Gasteiger partial charge in [-0.15, -0.1) is 0 Å². The molecule has 0 aromatic heterocycles. The third-order valence-electron chi connectivity index (χ3n) is 1.79. The van der Waals surface area contributed by atoms with E-state index < -0.39 is 0 Å². The molecular formula is C9H21I3P-. The number of hydrogen-bond acceptors (Lipinski definition) is 0. The Balaban J connectivity index is 0. The van der Waals surface area contributed by atoms with Crippen LogP contribution in [0.5, 0.6) is 0 Å². The van der Waals surface area contributed by atoms with Gasteiger partial charge in [0.25, 0.3) is 0 Å². The molecule has 13 heavy (non-hydrogen) atoms. The first-order valence-corrected chi connectivity index (χ1v) is 18.6. The van der Waals surface area contributed by atoms with E-state index in [0.717, 1.165) is 17.0 Å². The SMILES string of the molecule is CC(C)P(C(C)C)C(C)C.I[I-]I. The van der Waals surface area contributed by atoms with Crippen LogP contribution < -0.4 is 13.3 Å². The van der Waals surface area contributed by atoms with Crippen molar-refractivity contribution in [1.29, 1.82) is 0 Å².